The van der Waals surface area contributed by atoms with Crippen molar-refractivity contribution in [2.45, 2.75) is 0 Å². The average molecular weight is 715 g/mol. The quantitative estimate of drug-likeness (QED) is 0.178. The topological polar surface area (TPSA) is 64.7 Å². The summed E-state index contributed by atoms with van der Waals surface area (Å²) in [5, 5.41) is 5.50. The Kier molecular flexibility index (Phi) is 6.83. The van der Waals surface area contributed by atoms with E-state index in [1.165, 1.54) is 24.9 Å². The van der Waals surface area contributed by atoms with E-state index in [-0.39, 0.29) is 0 Å². The summed E-state index contributed by atoms with van der Waals surface area (Å²) in [6.07, 6.45) is 0. The molecule has 53 heavy (non-hydrogen) atoms. The van der Waals surface area contributed by atoms with Gasteiger partial charge in [-0.1, -0.05) is 109 Å². The first-order valence-corrected chi connectivity index (χ1v) is 19.0. The Balaban J connectivity index is 1.07. The van der Waals surface area contributed by atoms with Crippen LogP contribution in [0.1, 0.15) is 0 Å². The molecule has 0 aliphatic carbocycles. The maximum Gasteiger partial charge on any atom is 0.164 e. The molecule has 0 fully saturated rings. The molecule has 0 aliphatic rings. The van der Waals surface area contributed by atoms with Crippen molar-refractivity contribution in [3.63, 3.8) is 0 Å². The van der Waals surface area contributed by atoms with Crippen LogP contribution in [0.25, 0.3) is 108 Å². The van der Waals surface area contributed by atoms with Crippen LogP contribution >= 0.6 is 22.7 Å². The van der Waals surface area contributed by atoms with E-state index in [4.69, 9.17) is 24.4 Å². The number of aromatic nitrogens is 4. The number of fused-ring (bicyclic) bond motifs is 7. The highest BCUT2D eigenvalue weighted by Gasteiger charge is 2.19. The highest BCUT2D eigenvalue weighted by atomic mass is 32.1. The van der Waals surface area contributed by atoms with Gasteiger partial charge in [0.2, 0.25) is 0 Å². The molecule has 248 valence electrons. The van der Waals surface area contributed by atoms with E-state index in [9.17, 15) is 0 Å². The number of hydrogen-bond donors (Lipinski definition) is 0. The third-order valence-electron chi connectivity index (χ3n) is 9.78. The van der Waals surface area contributed by atoms with Crippen LogP contribution in [0.5, 0.6) is 0 Å². The van der Waals surface area contributed by atoms with Gasteiger partial charge in [0.05, 0.1) is 10.2 Å². The Bertz CT molecular complexity index is 3160. The first-order chi connectivity index (χ1) is 26.2. The molecular formula is C46H26N4OS2. The van der Waals surface area contributed by atoms with Gasteiger partial charge in [-0.2, -0.15) is 0 Å². The molecule has 0 bridgehead atoms. The molecule has 4 heterocycles. The summed E-state index contributed by atoms with van der Waals surface area (Å²) in [4.78, 5) is 20.2. The van der Waals surface area contributed by atoms with E-state index < -0.39 is 0 Å². The molecule has 11 rings (SSSR count). The molecule has 0 saturated heterocycles. The van der Waals surface area contributed by atoms with E-state index >= 15 is 0 Å². The normalized spacial score (nSPS) is 11.8. The summed E-state index contributed by atoms with van der Waals surface area (Å²) < 4.78 is 10.1. The van der Waals surface area contributed by atoms with Gasteiger partial charge in [-0.05, 0) is 59.7 Å². The minimum atomic E-state index is 0.599. The summed E-state index contributed by atoms with van der Waals surface area (Å²) in [7, 11) is 0. The van der Waals surface area contributed by atoms with Gasteiger partial charge in [-0.3, -0.25) is 0 Å². The molecule has 0 N–H and O–H groups in total. The van der Waals surface area contributed by atoms with Crippen LogP contribution in [0.4, 0.5) is 0 Å². The number of thiazole rings is 1. The number of thiophene rings is 1. The molecule has 4 aromatic heterocycles. The Morgan fingerprint density at radius 3 is 1.98 bits per heavy atom. The standard InChI is InChI=1S/C46H26N4OS2/c1-2-10-27(11-3-1)43-48-44(30-20-22-33-32-14-4-6-18-39(32)52-41(33)26-30)50-45(49-43)34-15-9-17-38-42(34)35-25-29(21-23-37(35)51-38)28-12-8-13-31(24-28)46-47-36-16-5-7-19-40(36)53-46/h1-26H. The maximum atomic E-state index is 6.46. The van der Waals surface area contributed by atoms with Crippen LogP contribution in [0.3, 0.4) is 0 Å². The predicted molar refractivity (Wildman–Crippen MR) is 220 cm³/mol. The van der Waals surface area contributed by atoms with Crippen molar-refractivity contribution in [2.24, 2.45) is 0 Å². The summed E-state index contributed by atoms with van der Waals surface area (Å²) in [5.41, 5.74) is 8.70. The number of hydrogen-bond acceptors (Lipinski definition) is 7. The molecule has 0 amide bonds. The zero-order valence-electron chi connectivity index (χ0n) is 28.0. The SMILES string of the molecule is c1ccc(-c2nc(-c3ccc4c(c3)sc3ccccc34)nc(-c3cccc4oc5ccc(-c6cccc(-c7nc8ccccc8s7)c6)cc5c34)n2)cc1. The number of benzene rings is 7. The van der Waals surface area contributed by atoms with Crippen molar-refractivity contribution in [3.8, 4) is 55.9 Å². The smallest absolute Gasteiger partial charge is 0.164 e. The summed E-state index contributed by atoms with van der Waals surface area (Å²) in [5.74, 6) is 1.85. The predicted octanol–water partition coefficient (Wildman–Crippen LogP) is 13.1. The fourth-order valence-electron chi connectivity index (χ4n) is 7.23. The van der Waals surface area contributed by atoms with Crippen molar-refractivity contribution in [2.75, 3.05) is 0 Å². The zero-order chi connectivity index (χ0) is 34.9. The fourth-order valence-corrected chi connectivity index (χ4v) is 9.33. The van der Waals surface area contributed by atoms with E-state index in [0.717, 1.165) is 65.8 Å². The fraction of sp³-hybridized carbons (Fsp3) is 0. The van der Waals surface area contributed by atoms with Crippen LogP contribution in [0, 0.1) is 0 Å². The van der Waals surface area contributed by atoms with Crippen molar-refractivity contribution in [1.29, 1.82) is 0 Å². The first kappa shape index (κ1) is 30.1. The van der Waals surface area contributed by atoms with Gasteiger partial charge >= 0.3 is 0 Å². The van der Waals surface area contributed by atoms with E-state index in [0.29, 0.717) is 17.5 Å². The maximum absolute atomic E-state index is 6.46. The monoisotopic (exact) mass is 714 g/mol. The Morgan fingerprint density at radius 2 is 1.08 bits per heavy atom. The Morgan fingerprint density at radius 1 is 0.377 bits per heavy atom. The second kappa shape index (κ2) is 12.0. The Labute approximate surface area is 311 Å². The van der Waals surface area contributed by atoms with Gasteiger partial charge in [0, 0.05) is 53.2 Å². The van der Waals surface area contributed by atoms with Gasteiger partial charge in [0.15, 0.2) is 17.5 Å². The molecule has 0 saturated carbocycles. The molecule has 0 aliphatic heterocycles. The first-order valence-electron chi connectivity index (χ1n) is 17.4. The lowest BCUT2D eigenvalue weighted by atomic mass is 9.99. The zero-order valence-corrected chi connectivity index (χ0v) is 29.7. The highest BCUT2D eigenvalue weighted by Crippen LogP contribution is 2.40. The number of para-hydroxylation sites is 1. The number of furan rings is 1. The lowest BCUT2D eigenvalue weighted by Crippen LogP contribution is -2.00. The van der Waals surface area contributed by atoms with Crippen molar-refractivity contribution < 1.29 is 4.42 Å². The Hall–Kier alpha value is -6.54. The minimum Gasteiger partial charge on any atom is -0.456 e. The number of nitrogens with zero attached hydrogens (tertiary/aromatic N) is 4. The molecule has 0 spiro atoms. The van der Waals surface area contributed by atoms with Gasteiger partial charge in [-0.25, -0.2) is 19.9 Å². The molecule has 7 aromatic carbocycles. The summed E-state index contributed by atoms with van der Waals surface area (Å²) in [6, 6.07) is 54.6. The summed E-state index contributed by atoms with van der Waals surface area (Å²) >= 11 is 3.50. The number of rotatable bonds is 5. The van der Waals surface area contributed by atoms with E-state index in [2.05, 4.69) is 109 Å². The lowest BCUT2D eigenvalue weighted by molar-refractivity contribution is 0.669. The van der Waals surface area contributed by atoms with Crippen molar-refractivity contribution >= 4 is 75.0 Å². The van der Waals surface area contributed by atoms with Crippen molar-refractivity contribution in [1.82, 2.24) is 19.9 Å². The third-order valence-corrected chi connectivity index (χ3v) is 12.0. The second-order valence-corrected chi connectivity index (χ2v) is 15.2. The molecule has 7 heteroatoms. The van der Waals surface area contributed by atoms with Crippen LogP contribution in [0.2, 0.25) is 0 Å². The average Bonchev–Trinajstić information content (AvgIpc) is 3.94. The van der Waals surface area contributed by atoms with Gasteiger partial charge < -0.3 is 4.42 Å². The molecular weight excluding hydrogens is 689 g/mol. The highest BCUT2D eigenvalue weighted by molar-refractivity contribution is 7.25. The molecule has 5 nitrogen and oxygen atoms in total. The van der Waals surface area contributed by atoms with Crippen LogP contribution in [-0.2, 0) is 0 Å². The van der Waals surface area contributed by atoms with Crippen LogP contribution in [-0.4, -0.2) is 19.9 Å². The van der Waals surface area contributed by atoms with E-state index in [1.54, 1.807) is 22.7 Å². The minimum absolute atomic E-state index is 0.599. The molecule has 0 atom stereocenters. The van der Waals surface area contributed by atoms with Gasteiger partial charge in [0.1, 0.15) is 16.2 Å². The van der Waals surface area contributed by atoms with Crippen molar-refractivity contribution in [3.05, 3.63) is 158 Å². The molecule has 11 aromatic rings. The largest absolute Gasteiger partial charge is 0.456 e. The van der Waals surface area contributed by atoms with Crippen LogP contribution < -0.4 is 0 Å². The van der Waals surface area contributed by atoms with Crippen LogP contribution in [0.15, 0.2) is 162 Å². The van der Waals surface area contributed by atoms with Gasteiger partial charge in [0.25, 0.3) is 0 Å². The molecule has 0 radical (unpaired) electrons. The van der Waals surface area contributed by atoms with E-state index in [1.807, 2.05) is 48.5 Å². The molecule has 0 unspecified atom stereocenters. The lowest BCUT2D eigenvalue weighted by Gasteiger charge is -2.09. The third kappa shape index (κ3) is 5.12. The second-order valence-electron chi connectivity index (χ2n) is 13.0. The van der Waals surface area contributed by atoms with Gasteiger partial charge in [-0.15, -0.1) is 22.7 Å². The summed E-state index contributed by atoms with van der Waals surface area (Å²) in [6.45, 7) is 0.